The van der Waals surface area contributed by atoms with E-state index < -0.39 is 0 Å². The Morgan fingerprint density at radius 2 is 1.62 bits per heavy atom. The number of aryl methyl sites for hydroxylation is 1. The lowest BCUT2D eigenvalue weighted by Crippen LogP contribution is -1.93. The number of halogens is 1. The number of nitrogens with zero attached hydrogens (tertiary/aromatic N) is 4. The van der Waals surface area contributed by atoms with Crippen molar-refractivity contribution in [2.24, 2.45) is 0 Å². The fourth-order valence-corrected chi connectivity index (χ4v) is 2.73. The Morgan fingerprint density at radius 1 is 0.833 bits per heavy atom. The van der Waals surface area contributed by atoms with Gasteiger partial charge in [0, 0.05) is 28.4 Å². The maximum Gasteiger partial charge on any atom is 0.123 e. The van der Waals surface area contributed by atoms with Crippen LogP contribution in [0.2, 0.25) is 0 Å². The first-order valence-electron chi connectivity index (χ1n) is 7.50. The summed E-state index contributed by atoms with van der Waals surface area (Å²) in [4.78, 5) is 17.1. The summed E-state index contributed by atoms with van der Waals surface area (Å²) in [6.07, 6.45) is 4.83. The molecular formula is C19H13FN4. The third-order valence-electron chi connectivity index (χ3n) is 3.98. The Bertz CT molecular complexity index is 1030. The molecule has 0 bridgehead atoms. The van der Waals surface area contributed by atoms with E-state index in [0.29, 0.717) is 0 Å². The van der Waals surface area contributed by atoms with Crippen molar-refractivity contribution in [3.05, 3.63) is 72.8 Å². The molecule has 0 unspecified atom stereocenters. The van der Waals surface area contributed by atoms with E-state index in [1.165, 1.54) is 18.5 Å². The molecule has 24 heavy (non-hydrogen) atoms. The molecule has 0 N–H and O–H groups in total. The van der Waals surface area contributed by atoms with E-state index >= 15 is 0 Å². The monoisotopic (exact) mass is 316 g/mol. The number of hydrogen-bond donors (Lipinski definition) is 0. The van der Waals surface area contributed by atoms with Gasteiger partial charge in [-0.3, -0.25) is 0 Å². The van der Waals surface area contributed by atoms with E-state index in [1.807, 2.05) is 25.1 Å². The van der Waals surface area contributed by atoms with E-state index in [9.17, 15) is 4.39 Å². The van der Waals surface area contributed by atoms with Crippen LogP contribution in [0.15, 0.2) is 61.3 Å². The lowest BCUT2D eigenvalue weighted by molar-refractivity contribution is 0.628. The van der Waals surface area contributed by atoms with Gasteiger partial charge >= 0.3 is 0 Å². The van der Waals surface area contributed by atoms with Crippen LogP contribution < -0.4 is 0 Å². The third-order valence-corrected chi connectivity index (χ3v) is 3.98. The van der Waals surface area contributed by atoms with Crippen LogP contribution in [-0.2, 0) is 0 Å². The Hall–Kier alpha value is -3.21. The van der Waals surface area contributed by atoms with Crippen LogP contribution >= 0.6 is 0 Å². The summed E-state index contributed by atoms with van der Waals surface area (Å²) in [7, 11) is 0. The Labute approximate surface area is 138 Å². The normalized spacial score (nSPS) is 10.9. The van der Waals surface area contributed by atoms with Crippen molar-refractivity contribution in [2.45, 2.75) is 6.92 Å². The second-order valence-corrected chi connectivity index (χ2v) is 5.48. The van der Waals surface area contributed by atoms with Crippen molar-refractivity contribution in [1.29, 1.82) is 0 Å². The van der Waals surface area contributed by atoms with Crippen LogP contribution in [0.4, 0.5) is 4.39 Å². The summed E-state index contributed by atoms with van der Waals surface area (Å²) < 4.78 is 13.2. The molecule has 5 heteroatoms. The number of hydrogen-bond acceptors (Lipinski definition) is 4. The summed E-state index contributed by atoms with van der Waals surface area (Å²) in [6.45, 7) is 1.95. The van der Waals surface area contributed by atoms with Crippen LogP contribution in [0.1, 0.15) is 5.69 Å². The highest BCUT2D eigenvalue weighted by atomic mass is 19.1. The zero-order valence-corrected chi connectivity index (χ0v) is 12.9. The van der Waals surface area contributed by atoms with E-state index in [4.69, 9.17) is 0 Å². The molecule has 0 amide bonds. The average molecular weight is 316 g/mol. The molecule has 4 aromatic rings. The lowest BCUT2D eigenvalue weighted by Gasteiger charge is -2.10. The van der Waals surface area contributed by atoms with Crippen LogP contribution in [0.5, 0.6) is 0 Å². The molecule has 116 valence electrons. The first kappa shape index (κ1) is 14.4. The average Bonchev–Trinajstić information content (AvgIpc) is 2.63. The van der Waals surface area contributed by atoms with E-state index in [0.717, 1.165) is 39.0 Å². The summed E-state index contributed by atoms with van der Waals surface area (Å²) in [6, 6.07) is 12.3. The first-order valence-corrected chi connectivity index (χ1v) is 7.50. The topological polar surface area (TPSA) is 51.6 Å². The van der Waals surface area contributed by atoms with Crippen molar-refractivity contribution >= 4 is 10.9 Å². The van der Waals surface area contributed by atoms with E-state index in [1.54, 1.807) is 24.7 Å². The lowest BCUT2D eigenvalue weighted by atomic mass is 9.99. The quantitative estimate of drug-likeness (QED) is 0.556. The molecule has 0 aliphatic carbocycles. The van der Waals surface area contributed by atoms with Gasteiger partial charge in [0.05, 0.1) is 11.2 Å². The molecule has 0 aliphatic heterocycles. The standard InChI is InChI=1S/C19H13FN4/c1-12-16-8-14(4-7-18(16)23-11-22-12)17-9-21-10-24-19(17)13-2-5-15(20)6-3-13/h2-11H,1H3. The number of fused-ring (bicyclic) bond motifs is 1. The zero-order valence-electron chi connectivity index (χ0n) is 12.9. The van der Waals surface area contributed by atoms with Crippen molar-refractivity contribution in [3.8, 4) is 22.4 Å². The second kappa shape index (κ2) is 5.77. The van der Waals surface area contributed by atoms with Gasteiger partial charge in [-0.2, -0.15) is 0 Å². The molecule has 0 atom stereocenters. The number of aromatic nitrogens is 4. The van der Waals surface area contributed by atoms with Gasteiger partial charge in [-0.25, -0.2) is 24.3 Å². The molecule has 0 radical (unpaired) electrons. The van der Waals surface area contributed by atoms with Gasteiger partial charge in [0.1, 0.15) is 18.5 Å². The third kappa shape index (κ3) is 2.50. The largest absolute Gasteiger partial charge is 0.244 e. The van der Waals surface area contributed by atoms with Crippen LogP contribution in [0.3, 0.4) is 0 Å². The summed E-state index contributed by atoms with van der Waals surface area (Å²) in [5.74, 6) is -0.271. The molecule has 4 nitrogen and oxygen atoms in total. The highest BCUT2D eigenvalue weighted by Gasteiger charge is 2.11. The van der Waals surface area contributed by atoms with E-state index in [2.05, 4.69) is 19.9 Å². The SMILES string of the molecule is Cc1ncnc2ccc(-c3cncnc3-c3ccc(F)cc3)cc12. The van der Waals surface area contributed by atoms with Crippen molar-refractivity contribution in [1.82, 2.24) is 19.9 Å². The molecule has 2 aromatic carbocycles. The van der Waals surface area contributed by atoms with Crippen molar-refractivity contribution in [2.75, 3.05) is 0 Å². The number of benzene rings is 2. The summed E-state index contributed by atoms with van der Waals surface area (Å²) >= 11 is 0. The van der Waals surface area contributed by atoms with Crippen molar-refractivity contribution < 1.29 is 4.39 Å². The number of rotatable bonds is 2. The molecule has 2 aromatic heterocycles. The molecule has 0 saturated carbocycles. The molecule has 0 aliphatic rings. The maximum atomic E-state index is 13.2. The molecule has 4 rings (SSSR count). The molecule has 0 saturated heterocycles. The maximum absolute atomic E-state index is 13.2. The van der Waals surface area contributed by atoms with Gasteiger partial charge in [0.15, 0.2) is 0 Å². The fourth-order valence-electron chi connectivity index (χ4n) is 2.73. The molecule has 0 spiro atoms. The summed E-state index contributed by atoms with van der Waals surface area (Å²) in [5.41, 5.74) is 5.27. The molecular weight excluding hydrogens is 303 g/mol. The highest BCUT2D eigenvalue weighted by Crippen LogP contribution is 2.31. The minimum absolute atomic E-state index is 0.271. The summed E-state index contributed by atoms with van der Waals surface area (Å²) in [5, 5.41) is 0.990. The van der Waals surface area contributed by atoms with Crippen molar-refractivity contribution in [3.63, 3.8) is 0 Å². The Balaban J connectivity index is 1.91. The first-order chi connectivity index (χ1) is 11.7. The van der Waals surface area contributed by atoms with Crippen LogP contribution in [-0.4, -0.2) is 19.9 Å². The van der Waals surface area contributed by atoms with Crippen LogP contribution in [0.25, 0.3) is 33.3 Å². The van der Waals surface area contributed by atoms with Gasteiger partial charge in [-0.15, -0.1) is 0 Å². The van der Waals surface area contributed by atoms with Gasteiger partial charge in [-0.05, 0) is 48.9 Å². The highest BCUT2D eigenvalue weighted by molar-refractivity contribution is 5.89. The predicted molar refractivity (Wildman–Crippen MR) is 90.7 cm³/mol. The second-order valence-electron chi connectivity index (χ2n) is 5.48. The minimum Gasteiger partial charge on any atom is -0.244 e. The Kier molecular flexibility index (Phi) is 3.46. The minimum atomic E-state index is -0.271. The predicted octanol–water partition coefficient (Wildman–Crippen LogP) is 4.20. The zero-order chi connectivity index (χ0) is 16.5. The van der Waals surface area contributed by atoms with Gasteiger partial charge in [0.2, 0.25) is 0 Å². The molecule has 2 heterocycles. The molecule has 0 fully saturated rings. The van der Waals surface area contributed by atoms with Gasteiger partial charge in [0.25, 0.3) is 0 Å². The Morgan fingerprint density at radius 3 is 2.46 bits per heavy atom. The fraction of sp³-hybridized carbons (Fsp3) is 0.0526. The van der Waals surface area contributed by atoms with Crippen LogP contribution in [0, 0.1) is 12.7 Å². The van der Waals surface area contributed by atoms with Gasteiger partial charge in [-0.1, -0.05) is 6.07 Å². The smallest absolute Gasteiger partial charge is 0.123 e. The van der Waals surface area contributed by atoms with E-state index in [-0.39, 0.29) is 5.82 Å². The van der Waals surface area contributed by atoms with Gasteiger partial charge < -0.3 is 0 Å².